The summed E-state index contributed by atoms with van der Waals surface area (Å²) in [6.45, 7) is 8.33. The van der Waals surface area contributed by atoms with E-state index in [1.54, 1.807) is 0 Å². The van der Waals surface area contributed by atoms with Gasteiger partial charge in [0.2, 0.25) is 5.91 Å². The quantitative estimate of drug-likeness (QED) is 0.369. The maximum Gasteiger partial charge on any atom is 0.317 e. The lowest BCUT2D eigenvalue weighted by Crippen LogP contribution is -2.36. The van der Waals surface area contributed by atoms with Crippen molar-refractivity contribution < 1.29 is 14.7 Å². The largest absolute Gasteiger partial charge is 0.480 e. The third-order valence-corrected chi connectivity index (χ3v) is 6.66. The predicted octanol–water partition coefficient (Wildman–Crippen LogP) is 2.81. The van der Waals surface area contributed by atoms with Gasteiger partial charge in [0.05, 0.1) is 4.43 Å². The monoisotopic (exact) mass is 405 g/mol. The molecule has 0 bridgehead atoms. The van der Waals surface area contributed by atoms with Gasteiger partial charge in [-0.05, 0) is 19.8 Å². The van der Waals surface area contributed by atoms with Crippen LogP contribution in [0, 0.1) is 5.92 Å². The second-order valence-electron chi connectivity index (χ2n) is 4.85. The highest BCUT2D eigenvalue weighted by Crippen LogP contribution is 2.40. The van der Waals surface area contributed by atoms with Crippen LogP contribution < -0.4 is 5.32 Å². The van der Waals surface area contributed by atoms with Crippen molar-refractivity contribution in [1.29, 1.82) is 0 Å². The molecule has 0 rings (SSSR count). The molecule has 0 fully saturated rings. The molecule has 1 atom stereocenters. The molecular formula is C11H20INO3S2. The average Bonchev–Trinajstić information content (AvgIpc) is 2.25. The number of carboxylic acid groups (broad SMARTS) is 1. The second-order valence-corrected chi connectivity index (χ2v) is 8.66. The van der Waals surface area contributed by atoms with Gasteiger partial charge >= 0.3 is 5.97 Å². The molecule has 0 saturated carbocycles. The van der Waals surface area contributed by atoms with Crippen LogP contribution in [0.25, 0.3) is 0 Å². The summed E-state index contributed by atoms with van der Waals surface area (Å²) in [5.41, 5.74) is 0. The minimum absolute atomic E-state index is 0.00733. The zero-order valence-electron chi connectivity index (χ0n) is 11.0. The molecule has 106 valence electrons. The zero-order valence-corrected chi connectivity index (χ0v) is 14.8. The van der Waals surface area contributed by atoms with Gasteiger partial charge in [-0.25, -0.2) is 0 Å². The highest BCUT2D eigenvalue weighted by molar-refractivity contribution is 14.1. The van der Waals surface area contributed by atoms with E-state index in [1.807, 2.05) is 50.3 Å². The molecule has 18 heavy (non-hydrogen) atoms. The van der Waals surface area contributed by atoms with Gasteiger partial charge in [0.1, 0.15) is 5.25 Å². The number of carboxylic acids is 1. The standard InChI is InChI=1S/C11H20INO3S2/c1-7(2)9(10(15)16)17-18-11(3,4)6-13-8(14)5-12/h7,9H,5-6H2,1-4H3,(H,13,14)(H,15,16). The fraction of sp³-hybridized carbons (Fsp3) is 0.818. The van der Waals surface area contributed by atoms with Crippen LogP contribution in [0.3, 0.4) is 0 Å². The molecule has 0 aromatic rings. The van der Waals surface area contributed by atoms with Gasteiger partial charge in [-0.15, -0.1) is 0 Å². The van der Waals surface area contributed by atoms with Crippen molar-refractivity contribution in [1.82, 2.24) is 5.32 Å². The topological polar surface area (TPSA) is 66.4 Å². The van der Waals surface area contributed by atoms with Crippen LogP contribution in [0.1, 0.15) is 27.7 Å². The summed E-state index contributed by atoms with van der Waals surface area (Å²) in [7, 11) is 2.88. The lowest BCUT2D eigenvalue weighted by atomic mass is 10.1. The average molecular weight is 405 g/mol. The highest BCUT2D eigenvalue weighted by Gasteiger charge is 2.27. The summed E-state index contributed by atoms with van der Waals surface area (Å²) < 4.78 is 0.254. The highest BCUT2D eigenvalue weighted by atomic mass is 127. The molecule has 4 nitrogen and oxygen atoms in total. The van der Waals surface area contributed by atoms with Crippen LogP contribution >= 0.6 is 44.2 Å². The van der Waals surface area contributed by atoms with Crippen molar-refractivity contribution in [2.45, 2.75) is 37.7 Å². The van der Waals surface area contributed by atoms with E-state index in [9.17, 15) is 9.59 Å². The number of hydrogen-bond donors (Lipinski definition) is 2. The summed E-state index contributed by atoms with van der Waals surface area (Å²) in [6, 6.07) is 0. The fourth-order valence-corrected chi connectivity index (χ4v) is 4.26. The number of rotatable bonds is 8. The van der Waals surface area contributed by atoms with E-state index >= 15 is 0 Å². The first-order valence-corrected chi connectivity index (χ1v) is 9.33. The van der Waals surface area contributed by atoms with E-state index in [-0.39, 0.29) is 16.6 Å². The molecule has 1 amide bonds. The normalized spacial score (nSPS) is 13.4. The van der Waals surface area contributed by atoms with Crippen molar-refractivity contribution in [2.75, 3.05) is 11.0 Å². The second kappa shape index (κ2) is 8.52. The molecule has 0 heterocycles. The Balaban J connectivity index is 4.23. The number of hydrogen-bond acceptors (Lipinski definition) is 4. The number of alkyl halides is 1. The molecule has 0 aliphatic carbocycles. The Bertz CT molecular complexity index is 298. The fourth-order valence-electron chi connectivity index (χ4n) is 1.01. The van der Waals surface area contributed by atoms with Crippen molar-refractivity contribution in [2.24, 2.45) is 5.92 Å². The third kappa shape index (κ3) is 7.73. The molecule has 0 aliphatic rings. The first-order valence-electron chi connectivity index (χ1n) is 5.59. The van der Waals surface area contributed by atoms with Gasteiger partial charge in [-0.1, -0.05) is 58.0 Å². The van der Waals surface area contributed by atoms with Crippen molar-refractivity contribution in [3.8, 4) is 0 Å². The Hall–Kier alpha value is 0.370. The Kier molecular flexibility index (Phi) is 8.70. The van der Waals surface area contributed by atoms with Crippen LogP contribution in [0.4, 0.5) is 0 Å². The first kappa shape index (κ1) is 18.4. The molecule has 0 spiro atoms. The molecule has 0 radical (unpaired) electrons. The molecule has 0 aromatic carbocycles. The van der Waals surface area contributed by atoms with Crippen LogP contribution in [-0.4, -0.2) is 38.0 Å². The van der Waals surface area contributed by atoms with Gasteiger partial charge in [0.25, 0.3) is 0 Å². The Morgan fingerprint density at radius 1 is 1.39 bits per heavy atom. The van der Waals surface area contributed by atoms with Gasteiger partial charge in [0, 0.05) is 11.3 Å². The van der Waals surface area contributed by atoms with Gasteiger partial charge in [0.15, 0.2) is 0 Å². The van der Waals surface area contributed by atoms with Gasteiger partial charge in [-0.2, -0.15) is 0 Å². The smallest absolute Gasteiger partial charge is 0.317 e. The lowest BCUT2D eigenvalue weighted by Gasteiger charge is -2.26. The van der Waals surface area contributed by atoms with Gasteiger partial charge < -0.3 is 10.4 Å². The SMILES string of the molecule is CC(C)C(SSC(C)(C)CNC(=O)CI)C(=O)O. The maximum absolute atomic E-state index is 11.2. The van der Waals surface area contributed by atoms with Crippen molar-refractivity contribution >= 4 is 56.1 Å². The third-order valence-electron chi connectivity index (χ3n) is 2.06. The number of halogens is 1. The van der Waals surface area contributed by atoms with Crippen LogP contribution in [0.5, 0.6) is 0 Å². The summed E-state index contributed by atoms with van der Waals surface area (Å²) in [6.07, 6.45) is 0. The van der Waals surface area contributed by atoms with Crippen LogP contribution in [0.15, 0.2) is 0 Å². The van der Waals surface area contributed by atoms with Crippen molar-refractivity contribution in [3.63, 3.8) is 0 Å². The summed E-state index contributed by atoms with van der Waals surface area (Å²) in [5.74, 6) is -0.692. The zero-order chi connectivity index (χ0) is 14.3. The summed E-state index contributed by atoms with van der Waals surface area (Å²) >= 11 is 2.01. The molecule has 0 aromatic heterocycles. The minimum Gasteiger partial charge on any atom is -0.480 e. The Morgan fingerprint density at radius 2 is 1.94 bits per heavy atom. The number of nitrogens with one attached hydrogen (secondary N) is 1. The lowest BCUT2D eigenvalue weighted by molar-refractivity contribution is -0.137. The number of carbonyl (C=O) groups excluding carboxylic acids is 1. The molecule has 1 unspecified atom stereocenters. The van der Waals surface area contributed by atoms with E-state index in [2.05, 4.69) is 5.32 Å². The minimum atomic E-state index is -0.783. The maximum atomic E-state index is 11.2. The van der Waals surface area contributed by atoms with Crippen LogP contribution in [-0.2, 0) is 9.59 Å². The summed E-state index contributed by atoms with van der Waals surface area (Å²) in [4.78, 5) is 22.2. The summed E-state index contributed by atoms with van der Waals surface area (Å²) in [5, 5.41) is 11.5. The number of aliphatic carboxylic acids is 1. The van der Waals surface area contributed by atoms with Crippen LogP contribution in [0.2, 0.25) is 0 Å². The molecular weight excluding hydrogens is 385 g/mol. The van der Waals surface area contributed by atoms with Crippen molar-refractivity contribution in [3.05, 3.63) is 0 Å². The Labute approximate surface area is 130 Å². The van der Waals surface area contributed by atoms with E-state index in [0.717, 1.165) is 0 Å². The molecule has 0 aliphatic heterocycles. The molecule has 7 heteroatoms. The molecule has 0 saturated heterocycles. The Morgan fingerprint density at radius 3 is 2.33 bits per heavy atom. The number of amides is 1. The molecule has 2 N–H and O–H groups in total. The van der Waals surface area contributed by atoms with Gasteiger partial charge in [-0.3, -0.25) is 9.59 Å². The van der Waals surface area contributed by atoms with E-state index in [1.165, 1.54) is 21.6 Å². The van der Waals surface area contributed by atoms with E-state index in [4.69, 9.17) is 5.11 Å². The first-order chi connectivity index (χ1) is 8.19. The van der Waals surface area contributed by atoms with E-state index in [0.29, 0.717) is 11.0 Å². The predicted molar refractivity (Wildman–Crippen MR) is 87.4 cm³/mol. The van der Waals surface area contributed by atoms with E-state index < -0.39 is 11.2 Å². The number of carbonyl (C=O) groups is 2.